The molecular formula is C17H15BrClN5O. The third-order valence-electron chi connectivity index (χ3n) is 3.45. The van der Waals surface area contributed by atoms with Gasteiger partial charge in [-0.25, -0.2) is 9.97 Å². The summed E-state index contributed by atoms with van der Waals surface area (Å²) >= 11 is 9.53. The van der Waals surface area contributed by atoms with Crippen LogP contribution in [0.25, 0.3) is 0 Å². The first kappa shape index (κ1) is 17.4. The van der Waals surface area contributed by atoms with E-state index < -0.39 is 0 Å². The molecule has 2 aromatic heterocycles. The van der Waals surface area contributed by atoms with Crippen LogP contribution in [0.5, 0.6) is 11.6 Å². The number of nitrogen functional groups attached to an aromatic ring is 1. The Balaban J connectivity index is 1.87. The van der Waals surface area contributed by atoms with Crippen molar-refractivity contribution in [3.05, 3.63) is 57.4 Å². The highest BCUT2D eigenvalue weighted by Gasteiger charge is 2.12. The first-order chi connectivity index (χ1) is 11.9. The van der Waals surface area contributed by atoms with Crippen LogP contribution in [0.4, 0.5) is 17.3 Å². The summed E-state index contributed by atoms with van der Waals surface area (Å²) in [6, 6.07) is 7.34. The Bertz CT molecular complexity index is 894. The molecular weight excluding hydrogens is 406 g/mol. The molecule has 0 atom stereocenters. The quantitative estimate of drug-likeness (QED) is 0.616. The van der Waals surface area contributed by atoms with Gasteiger partial charge in [0.1, 0.15) is 23.6 Å². The van der Waals surface area contributed by atoms with E-state index in [0.29, 0.717) is 22.4 Å². The lowest BCUT2D eigenvalue weighted by molar-refractivity contribution is 0.464. The van der Waals surface area contributed by atoms with E-state index in [1.54, 1.807) is 12.3 Å². The summed E-state index contributed by atoms with van der Waals surface area (Å²) in [5.74, 6) is 1.90. The lowest BCUT2D eigenvalue weighted by Gasteiger charge is -2.13. The Morgan fingerprint density at radius 1 is 1.12 bits per heavy atom. The largest absolute Gasteiger partial charge is 0.437 e. The van der Waals surface area contributed by atoms with Crippen molar-refractivity contribution in [3.63, 3.8) is 0 Å². The van der Waals surface area contributed by atoms with Gasteiger partial charge in [-0.2, -0.15) is 4.98 Å². The van der Waals surface area contributed by atoms with Crippen LogP contribution in [0.3, 0.4) is 0 Å². The van der Waals surface area contributed by atoms with E-state index in [1.165, 1.54) is 6.33 Å². The summed E-state index contributed by atoms with van der Waals surface area (Å²) in [6.45, 7) is 3.83. The maximum Gasteiger partial charge on any atom is 0.248 e. The molecule has 128 valence electrons. The Morgan fingerprint density at radius 2 is 1.84 bits per heavy atom. The fourth-order valence-electron chi connectivity index (χ4n) is 2.21. The second kappa shape index (κ2) is 7.25. The molecule has 0 bridgehead atoms. The highest BCUT2D eigenvalue weighted by molar-refractivity contribution is 9.10. The first-order valence-electron chi connectivity index (χ1n) is 7.37. The lowest BCUT2D eigenvalue weighted by Crippen LogP contribution is -2.04. The van der Waals surface area contributed by atoms with E-state index in [9.17, 15) is 0 Å². The maximum atomic E-state index is 6.18. The molecule has 3 rings (SSSR count). The predicted molar refractivity (Wildman–Crippen MR) is 103 cm³/mol. The second-order valence-corrected chi connectivity index (χ2v) is 6.69. The van der Waals surface area contributed by atoms with Crippen molar-refractivity contribution < 1.29 is 4.74 Å². The standard InChI is InChI=1S/C17H15BrClN5O/c1-9-5-12(6-10(2)14(9)19)25-17-15(20)16(22-8-23-17)24-13-4-3-11(18)7-21-13/h3-8H,20H2,1-2H3,(H,21,22,23,24). The molecule has 1 aromatic carbocycles. The van der Waals surface area contributed by atoms with Gasteiger partial charge in [0.05, 0.1) is 0 Å². The number of nitrogens with zero attached hydrogens (tertiary/aromatic N) is 3. The molecule has 3 N–H and O–H groups in total. The van der Waals surface area contributed by atoms with Crippen molar-refractivity contribution in [3.8, 4) is 11.6 Å². The van der Waals surface area contributed by atoms with Crippen LogP contribution < -0.4 is 15.8 Å². The number of hydrogen-bond acceptors (Lipinski definition) is 6. The summed E-state index contributed by atoms with van der Waals surface area (Å²) < 4.78 is 6.70. The Kier molecular flexibility index (Phi) is 5.06. The molecule has 0 fully saturated rings. The molecule has 8 heteroatoms. The number of hydrogen-bond donors (Lipinski definition) is 2. The van der Waals surface area contributed by atoms with Gasteiger partial charge in [0.25, 0.3) is 0 Å². The van der Waals surface area contributed by atoms with Crippen LogP contribution in [-0.2, 0) is 0 Å². The molecule has 0 saturated heterocycles. The molecule has 25 heavy (non-hydrogen) atoms. The minimum Gasteiger partial charge on any atom is -0.437 e. The zero-order chi connectivity index (χ0) is 18.0. The van der Waals surface area contributed by atoms with Gasteiger partial charge in [-0.15, -0.1) is 0 Å². The topological polar surface area (TPSA) is 86.0 Å². The summed E-state index contributed by atoms with van der Waals surface area (Å²) in [6.07, 6.45) is 3.05. The number of anilines is 3. The first-order valence-corrected chi connectivity index (χ1v) is 8.55. The van der Waals surface area contributed by atoms with Crippen LogP contribution in [0.2, 0.25) is 5.02 Å². The number of nitrogens with two attached hydrogens (primary N) is 1. The fraction of sp³-hybridized carbons (Fsp3) is 0.118. The van der Waals surface area contributed by atoms with Crippen LogP contribution in [0.15, 0.2) is 41.3 Å². The Hall–Kier alpha value is -2.38. The fourth-order valence-corrected chi connectivity index (χ4v) is 2.55. The number of pyridine rings is 1. The summed E-state index contributed by atoms with van der Waals surface area (Å²) in [5, 5.41) is 3.76. The number of nitrogens with one attached hydrogen (secondary N) is 1. The Morgan fingerprint density at radius 3 is 2.48 bits per heavy atom. The highest BCUT2D eigenvalue weighted by atomic mass is 79.9. The molecule has 0 spiro atoms. The van der Waals surface area contributed by atoms with Crippen LogP contribution in [0, 0.1) is 13.8 Å². The molecule has 2 heterocycles. The van der Waals surface area contributed by atoms with Gasteiger partial charge >= 0.3 is 0 Å². The van der Waals surface area contributed by atoms with Crippen LogP contribution >= 0.6 is 27.5 Å². The predicted octanol–water partition coefficient (Wildman–Crippen LogP) is 5.02. The van der Waals surface area contributed by atoms with E-state index in [-0.39, 0.29) is 11.6 Å². The third kappa shape index (κ3) is 4.00. The number of aryl methyl sites for hydroxylation is 2. The van der Waals surface area contributed by atoms with Crippen molar-refractivity contribution >= 4 is 44.9 Å². The minimum absolute atomic E-state index is 0.260. The van der Waals surface area contributed by atoms with Gasteiger partial charge in [0.15, 0.2) is 5.82 Å². The second-order valence-electron chi connectivity index (χ2n) is 5.40. The van der Waals surface area contributed by atoms with Gasteiger partial charge in [-0.3, -0.25) is 0 Å². The number of aromatic nitrogens is 3. The summed E-state index contributed by atoms with van der Waals surface area (Å²) in [5.41, 5.74) is 8.27. The normalized spacial score (nSPS) is 10.6. The van der Waals surface area contributed by atoms with E-state index >= 15 is 0 Å². The molecule has 3 aromatic rings. The maximum absolute atomic E-state index is 6.18. The van der Waals surface area contributed by atoms with Gasteiger partial charge in [-0.05, 0) is 65.2 Å². The van der Waals surface area contributed by atoms with E-state index in [1.807, 2.05) is 32.0 Å². The van der Waals surface area contributed by atoms with Gasteiger partial charge in [0.2, 0.25) is 5.88 Å². The van der Waals surface area contributed by atoms with Crippen LogP contribution in [-0.4, -0.2) is 15.0 Å². The van der Waals surface area contributed by atoms with Crippen molar-refractivity contribution in [2.45, 2.75) is 13.8 Å². The van der Waals surface area contributed by atoms with Crippen molar-refractivity contribution in [1.29, 1.82) is 0 Å². The molecule has 0 saturated carbocycles. The molecule has 6 nitrogen and oxygen atoms in total. The average Bonchev–Trinajstić information content (AvgIpc) is 2.58. The number of benzene rings is 1. The van der Waals surface area contributed by atoms with E-state index in [2.05, 4.69) is 36.2 Å². The molecule has 0 radical (unpaired) electrons. The molecule has 0 aliphatic heterocycles. The highest BCUT2D eigenvalue weighted by Crippen LogP contribution is 2.33. The van der Waals surface area contributed by atoms with Crippen molar-refractivity contribution in [2.24, 2.45) is 0 Å². The van der Waals surface area contributed by atoms with Gasteiger partial charge < -0.3 is 15.8 Å². The summed E-state index contributed by atoms with van der Waals surface area (Å²) in [7, 11) is 0. The number of halogens is 2. The molecule has 0 amide bonds. The molecule has 0 unspecified atom stereocenters. The number of ether oxygens (including phenoxy) is 1. The van der Waals surface area contributed by atoms with E-state index in [0.717, 1.165) is 15.6 Å². The van der Waals surface area contributed by atoms with Gasteiger partial charge in [-0.1, -0.05) is 11.6 Å². The summed E-state index contributed by atoms with van der Waals surface area (Å²) in [4.78, 5) is 12.5. The zero-order valence-corrected chi connectivity index (χ0v) is 15.9. The zero-order valence-electron chi connectivity index (χ0n) is 13.5. The van der Waals surface area contributed by atoms with E-state index in [4.69, 9.17) is 22.1 Å². The van der Waals surface area contributed by atoms with Crippen LogP contribution in [0.1, 0.15) is 11.1 Å². The SMILES string of the molecule is Cc1cc(Oc2ncnc(Nc3ccc(Br)cn3)c2N)cc(C)c1Cl. The molecule has 0 aliphatic carbocycles. The number of rotatable bonds is 4. The van der Waals surface area contributed by atoms with Crippen molar-refractivity contribution in [2.75, 3.05) is 11.1 Å². The smallest absolute Gasteiger partial charge is 0.248 e. The average molecular weight is 421 g/mol. The lowest BCUT2D eigenvalue weighted by atomic mass is 10.1. The van der Waals surface area contributed by atoms with Crippen molar-refractivity contribution in [1.82, 2.24) is 15.0 Å². The third-order valence-corrected chi connectivity index (χ3v) is 4.51. The Labute approximate surface area is 158 Å². The van der Waals surface area contributed by atoms with Gasteiger partial charge in [0, 0.05) is 15.7 Å². The monoisotopic (exact) mass is 419 g/mol. The molecule has 0 aliphatic rings. The minimum atomic E-state index is 0.260.